The summed E-state index contributed by atoms with van der Waals surface area (Å²) in [7, 11) is 0. The molecular weight excluding hydrogens is 400 g/mol. The van der Waals surface area contributed by atoms with Crippen molar-refractivity contribution in [3.05, 3.63) is 58.7 Å². The van der Waals surface area contributed by atoms with Crippen molar-refractivity contribution in [2.75, 3.05) is 0 Å². The summed E-state index contributed by atoms with van der Waals surface area (Å²) >= 11 is 0. The van der Waals surface area contributed by atoms with Crippen molar-refractivity contribution in [1.29, 1.82) is 0 Å². The molecule has 0 radical (unpaired) electrons. The largest absolute Gasteiger partial charge is 0.506 e. The van der Waals surface area contributed by atoms with E-state index >= 15 is 0 Å². The number of phenols is 1. The van der Waals surface area contributed by atoms with E-state index in [2.05, 4.69) is 34.6 Å². The molecule has 0 amide bonds. The molecule has 1 N–H and O–H groups in total. The lowest BCUT2D eigenvalue weighted by molar-refractivity contribution is 0.0898. The monoisotopic (exact) mass is 438 g/mol. The van der Waals surface area contributed by atoms with E-state index in [1.54, 1.807) is 6.07 Å². The molecule has 4 heteroatoms. The van der Waals surface area contributed by atoms with Gasteiger partial charge in [-0.2, -0.15) is 0 Å². The van der Waals surface area contributed by atoms with E-state index in [4.69, 9.17) is 4.74 Å². The first kappa shape index (κ1) is 25.6. The fourth-order valence-corrected chi connectivity index (χ4v) is 4.03. The minimum absolute atomic E-state index is 0.0709. The van der Waals surface area contributed by atoms with Crippen molar-refractivity contribution < 1.29 is 19.4 Å². The third kappa shape index (κ3) is 6.94. The number of rotatable bonds is 13. The van der Waals surface area contributed by atoms with Gasteiger partial charge < -0.3 is 9.84 Å². The SMILES string of the molecule is CCCC(CCC(C)C)C(=O)c1cc(CC(C)C)c(OCc2ccccc2)c(C=O)c1O. The van der Waals surface area contributed by atoms with Crippen molar-refractivity contribution in [2.45, 2.75) is 73.3 Å². The van der Waals surface area contributed by atoms with Crippen LogP contribution in [-0.4, -0.2) is 17.2 Å². The molecule has 2 aromatic rings. The number of ketones is 1. The van der Waals surface area contributed by atoms with Crippen LogP contribution < -0.4 is 4.74 Å². The Labute approximate surface area is 193 Å². The Kier molecular flexibility index (Phi) is 9.96. The number of hydrogen-bond donors (Lipinski definition) is 1. The summed E-state index contributed by atoms with van der Waals surface area (Å²) in [5, 5.41) is 11.0. The molecule has 2 aromatic carbocycles. The molecule has 0 spiro atoms. The predicted molar refractivity (Wildman–Crippen MR) is 130 cm³/mol. The number of phenolic OH excluding ortho intramolecular Hbond substituents is 1. The summed E-state index contributed by atoms with van der Waals surface area (Å²) in [6.45, 7) is 10.8. The number of aromatic hydroxyl groups is 1. The van der Waals surface area contributed by atoms with Crippen LogP contribution in [0.15, 0.2) is 36.4 Å². The molecule has 0 heterocycles. The molecule has 0 bridgehead atoms. The number of carbonyl (C=O) groups excluding carboxylic acids is 2. The fraction of sp³-hybridized carbons (Fsp3) is 0.500. The van der Waals surface area contributed by atoms with Gasteiger partial charge in [-0.25, -0.2) is 0 Å². The molecule has 0 saturated carbocycles. The highest BCUT2D eigenvalue weighted by molar-refractivity contribution is 6.03. The van der Waals surface area contributed by atoms with Crippen molar-refractivity contribution in [3.63, 3.8) is 0 Å². The summed E-state index contributed by atoms with van der Waals surface area (Å²) in [4.78, 5) is 25.5. The van der Waals surface area contributed by atoms with Crippen molar-refractivity contribution in [3.8, 4) is 11.5 Å². The van der Waals surface area contributed by atoms with Crippen molar-refractivity contribution in [1.82, 2.24) is 0 Å². The third-order valence-electron chi connectivity index (χ3n) is 5.70. The van der Waals surface area contributed by atoms with E-state index < -0.39 is 0 Å². The molecule has 0 fully saturated rings. The number of benzene rings is 2. The zero-order valence-electron chi connectivity index (χ0n) is 20.2. The van der Waals surface area contributed by atoms with Crippen LogP contribution in [-0.2, 0) is 13.0 Å². The molecule has 2 rings (SSSR count). The maximum atomic E-state index is 13.4. The number of aldehydes is 1. The quantitative estimate of drug-likeness (QED) is 0.270. The van der Waals surface area contributed by atoms with Gasteiger partial charge in [0.15, 0.2) is 12.1 Å². The Bertz CT molecular complexity index is 884. The molecule has 0 saturated heterocycles. The lowest BCUT2D eigenvalue weighted by Crippen LogP contribution is -2.17. The molecule has 32 heavy (non-hydrogen) atoms. The highest BCUT2D eigenvalue weighted by Gasteiger charge is 2.27. The fourth-order valence-electron chi connectivity index (χ4n) is 4.03. The van der Waals surface area contributed by atoms with Crippen LogP contribution in [0.25, 0.3) is 0 Å². The zero-order valence-corrected chi connectivity index (χ0v) is 20.2. The average Bonchev–Trinajstić information content (AvgIpc) is 2.76. The molecular formula is C28H38O4. The lowest BCUT2D eigenvalue weighted by atomic mass is 9.85. The van der Waals surface area contributed by atoms with Crippen LogP contribution in [0, 0.1) is 17.8 Å². The van der Waals surface area contributed by atoms with E-state index in [0.29, 0.717) is 30.3 Å². The predicted octanol–water partition coefficient (Wildman–Crippen LogP) is 7.02. The minimum atomic E-state index is -0.258. The minimum Gasteiger partial charge on any atom is -0.506 e. The van der Waals surface area contributed by atoms with Crippen LogP contribution in [0.1, 0.15) is 92.1 Å². The van der Waals surface area contributed by atoms with Gasteiger partial charge in [0.05, 0.1) is 11.1 Å². The highest BCUT2D eigenvalue weighted by atomic mass is 16.5. The number of Topliss-reactive ketones (excluding diaryl/α,β-unsaturated/α-hetero) is 1. The van der Waals surface area contributed by atoms with Gasteiger partial charge in [0, 0.05) is 5.92 Å². The van der Waals surface area contributed by atoms with Gasteiger partial charge >= 0.3 is 0 Å². The Balaban J connectivity index is 2.47. The Morgan fingerprint density at radius 1 is 1.03 bits per heavy atom. The molecule has 0 aromatic heterocycles. The molecule has 0 aliphatic heterocycles. The summed E-state index contributed by atoms with van der Waals surface area (Å²) in [5.41, 5.74) is 2.08. The van der Waals surface area contributed by atoms with E-state index in [9.17, 15) is 14.7 Å². The molecule has 174 valence electrons. The smallest absolute Gasteiger partial charge is 0.169 e. The van der Waals surface area contributed by atoms with Crippen LogP contribution in [0.5, 0.6) is 11.5 Å². The Morgan fingerprint density at radius 2 is 1.72 bits per heavy atom. The van der Waals surface area contributed by atoms with Crippen LogP contribution >= 0.6 is 0 Å². The van der Waals surface area contributed by atoms with Gasteiger partial charge in [-0.1, -0.05) is 77.8 Å². The second-order valence-corrected chi connectivity index (χ2v) is 9.49. The Hall–Kier alpha value is -2.62. The van der Waals surface area contributed by atoms with Gasteiger partial charge in [0.2, 0.25) is 0 Å². The number of carbonyl (C=O) groups is 2. The van der Waals surface area contributed by atoms with E-state index in [0.717, 1.165) is 36.8 Å². The van der Waals surface area contributed by atoms with E-state index in [1.807, 2.05) is 30.3 Å². The average molecular weight is 439 g/mol. The maximum absolute atomic E-state index is 13.4. The van der Waals surface area contributed by atoms with Crippen molar-refractivity contribution in [2.24, 2.45) is 17.8 Å². The third-order valence-corrected chi connectivity index (χ3v) is 5.70. The summed E-state index contributed by atoms with van der Waals surface area (Å²) in [5.74, 6) is 0.690. The van der Waals surface area contributed by atoms with Crippen LogP contribution in [0.2, 0.25) is 0 Å². The second-order valence-electron chi connectivity index (χ2n) is 9.49. The summed E-state index contributed by atoms with van der Waals surface area (Å²) < 4.78 is 6.05. The maximum Gasteiger partial charge on any atom is 0.169 e. The van der Waals surface area contributed by atoms with E-state index in [1.165, 1.54) is 0 Å². The summed E-state index contributed by atoms with van der Waals surface area (Å²) in [6, 6.07) is 11.4. The first-order valence-corrected chi connectivity index (χ1v) is 11.8. The number of hydrogen-bond acceptors (Lipinski definition) is 4. The molecule has 1 atom stereocenters. The highest BCUT2D eigenvalue weighted by Crippen LogP contribution is 2.38. The van der Waals surface area contributed by atoms with Gasteiger partial charge in [-0.05, 0) is 48.3 Å². The van der Waals surface area contributed by atoms with Gasteiger partial charge in [0.25, 0.3) is 0 Å². The standard InChI is InChI=1S/C28H38O4/c1-6-10-22(14-13-19(2)3)26(30)24-16-23(15-20(4)5)28(25(17-29)27(24)31)32-18-21-11-8-7-9-12-21/h7-9,11-12,16-17,19-20,22,31H,6,10,13-15,18H2,1-5H3. The first-order chi connectivity index (χ1) is 15.3. The van der Waals surface area contributed by atoms with Gasteiger partial charge in [-0.3, -0.25) is 9.59 Å². The summed E-state index contributed by atoms with van der Waals surface area (Å²) in [6.07, 6.45) is 4.66. The topological polar surface area (TPSA) is 63.6 Å². The van der Waals surface area contributed by atoms with Crippen LogP contribution in [0.4, 0.5) is 0 Å². The Morgan fingerprint density at radius 3 is 2.28 bits per heavy atom. The second kappa shape index (κ2) is 12.4. The van der Waals surface area contributed by atoms with E-state index in [-0.39, 0.29) is 35.2 Å². The molecule has 0 aliphatic rings. The molecule has 0 aliphatic carbocycles. The molecule has 4 nitrogen and oxygen atoms in total. The molecule has 1 unspecified atom stereocenters. The van der Waals surface area contributed by atoms with Gasteiger partial charge in [-0.15, -0.1) is 0 Å². The lowest BCUT2D eigenvalue weighted by Gasteiger charge is -2.21. The number of ether oxygens (including phenoxy) is 1. The van der Waals surface area contributed by atoms with Crippen molar-refractivity contribution >= 4 is 12.1 Å². The van der Waals surface area contributed by atoms with Crippen LogP contribution in [0.3, 0.4) is 0 Å². The zero-order chi connectivity index (χ0) is 23.7. The first-order valence-electron chi connectivity index (χ1n) is 11.8. The van der Waals surface area contributed by atoms with Gasteiger partial charge in [0.1, 0.15) is 18.1 Å². The normalized spacial score (nSPS) is 12.2.